The molecule has 124 valence electrons. The lowest BCUT2D eigenvalue weighted by Gasteiger charge is -2.07. The minimum absolute atomic E-state index is 0.575. The maximum Gasteiger partial charge on any atom is 0.248 e. The molecule has 2 aromatic carbocycles. The number of aromatic nitrogens is 6. The van der Waals surface area contributed by atoms with Crippen molar-refractivity contribution in [2.45, 2.75) is 6.54 Å². The summed E-state index contributed by atoms with van der Waals surface area (Å²) in [4.78, 5) is 0. The molecular formula is C18H17N7. The van der Waals surface area contributed by atoms with Gasteiger partial charge in [-0.2, -0.15) is 9.78 Å². The molecule has 7 heteroatoms. The summed E-state index contributed by atoms with van der Waals surface area (Å²) in [5.74, 6) is 0.592. The lowest BCUT2D eigenvalue weighted by Crippen LogP contribution is -2.07. The van der Waals surface area contributed by atoms with E-state index < -0.39 is 0 Å². The Morgan fingerprint density at radius 1 is 0.960 bits per heavy atom. The van der Waals surface area contributed by atoms with E-state index >= 15 is 0 Å². The van der Waals surface area contributed by atoms with Gasteiger partial charge >= 0.3 is 0 Å². The summed E-state index contributed by atoms with van der Waals surface area (Å²) < 4.78 is 3.50. The Labute approximate surface area is 144 Å². The Kier molecular flexibility index (Phi) is 3.96. The third-order valence-corrected chi connectivity index (χ3v) is 3.86. The number of hydrogen-bond donors (Lipinski definition) is 1. The zero-order valence-corrected chi connectivity index (χ0v) is 13.7. The Morgan fingerprint density at radius 3 is 2.44 bits per heavy atom. The quantitative estimate of drug-likeness (QED) is 0.609. The second kappa shape index (κ2) is 6.56. The first-order valence-electron chi connectivity index (χ1n) is 7.97. The summed E-state index contributed by atoms with van der Waals surface area (Å²) in [7, 11) is 1.92. The van der Waals surface area contributed by atoms with Crippen LogP contribution in [0.5, 0.6) is 0 Å². The van der Waals surface area contributed by atoms with Gasteiger partial charge in [0.1, 0.15) is 0 Å². The first-order chi connectivity index (χ1) is 12.3. The third kappa shape index (κ3) is 3.12. The zero-order chi connectivity index (χ0) is 17.1. The van der Waals surface area contributed by atoms with Gasteiger partial charge < -0.3 is 5.32 Å². The zero-order valence-electron chi connectivity index (χ0n) is 13.7. The van der Waals surface area contributed by atoms with E-state index in [9.17, 15) is 0 Å². The Morgan fingerprint density at radius 2 is 1.68 bits per heavy atom. The molecule has 0 unspecified atom stereocenters. The Balaban J connectivity index is 1.59. The number of benzene rings is 2. The normalized spacial score (nSPS) is 10.8. The molecule has 4 aromatic rings. The van der Waals surface area contributed by atoms with E-state index in [1.807, 2.05) is 66.5 Å². The largest absolute Gasteiger partial charge is 0.349 e. The molecule has 0 amide bonds. The summed E-state index contributed by atoms with van der Waals surface area (Å²) in [6, 6.07) is 19.9. The molecule has 0 radical (unpaired) electrons. The molecule has 2 heterocycles. The predicted molar refractivity (Wildman–Crippen MR) is 95.1 cm³/mol. The molecule has 0 aliphatic heterocycles. The Bertz CT molecular complexity index is 958. The summed E-state index contributed by atoms with van der Waals surface area (Å²) in [6.07, 6.45) is 2.01. The number of anilines is 1. The van der Waals surface area contributed by atoms with Gasteiger partial charge in [-0.15, -0.1) is 0 Å². The monoisotopic (exact) mass is 331 g/mol. The van der Waals surface area contributed by atoms with E-state index in [4.69, 9.17) is 0 Å². The number of tetrazole rings is 1. The number of aryl methyl sites for hydroxylation is 1. The van der Waals surface area contributed by atoms with Crippen molar-refractivity contribution in [3.63, 3.8) is 0 Å². The van der Waals surface area contributed by atoms with Crippen molar-refractivity contribution in [2.75, 3.05) is 5.32 Å². The van der Waals surface area contributed by atoms with Crippen LogP contribution >= 0.6 is 0 Å². The summed E-state index contributed by atoms with van der Waals surface area (Å²) >= 11 is 0. The first kappa shape index (κ1) is 15.1. The van der Waals surface area contributed by atoms with Crippen molar-refractivity contribution in [1.29, 1.82) is 0 Å². The fourth-order valence-corrected chi connectivity index (χ4v) is 2.72. The summed E-state index contributed by atoms with van der Waals surface area (Å²) in [6.45, 7) is 0.575. The molecule has 4 rings (SSSR count). The summed E-state index contributed by atoms with van der Waals surface area (Å²) in [5, 5.41) is 19.8. The molecular weight excluding hydrogens is 314 g/mol. The van der Waals surface area contributed by atoms with Crippen LogP contribution in [0.1, 0.15) is 5.56 Å². The van der Waals surface area contributed by atoms with Crippen LogP contribution < -0.4 is 5.32 Å². The molecule has 0 atom stereocenters. The number of para-hydroxylation sites is 1. The second-order valence-electron chi connectivity index (χ2n) is 5.65. The van der Waals surface area contributed by atoms with Crippen LogP contribution in [0.3, 0.4) is 0 Å². The minimum Gasteiger partial charge on any atom is -0.349 e. The molecule has 0 fully saturated rings. The average Bonchev–Trinajstić information content (AvgIpc) is 3.27. The van der Waals surface area contributed by atoms with Gasteiger partial charge in [0.2, 0.25) is 5.95 Å². The molecule has 25 heavy (non-hydrogen) atoms. The van der Waals surface area contributed by atoms with Gasteiger partial charge in [-0.1, -0.05) is 53.6 Å². The Hall–Kier alpha value is -3.48. The lowest BCUT2D eigenvalue weighted by molar-refractivity contribution is 0.769. The van der Waals surface area contributed by atoms with Gasteiger partial charge in [0, 0.05) is 30.9 Å². The van der Waals surface area contributed by atoms with E-state index in [1.165, 1.54) is 0 Å². The van der Waals surface area contributed by atoms with Crippen molar-refractivity contribution in [3.8, 4) is 16.9 Å². The van der Waals surface area contributed by atoms with Crippen LogP contribution in [0.2, 0.25) is 0 Å². The fraction of sp³-hybridized carbons (Fsp3) is 0.111. The third-order valence-electron chi connectivity index (χ3n) is 3.86. The molecule has 0 saturated heterocycles. The van der Waals surface area contributed by atoms with Crippen molar-refractivity contribution in [1.82, 2.24) is 30.0 Å². The van der Waals surface area contributed by atoms with Crippen LogP contribution in [0.15, 0.2) is 66.9 Å². The number of nitrogens with one attached hydrogen (secondary N) is 1. The van der Waals surface area contributed by atoms with Crippen molar-refractivity contribution >= 4 is 5.95 Å². The molecule has 0 saturated carbocycles. The highest BCUT2D eigenvalue weighted by molar-refractivity contribution is 5.63. The number of rotatable bonds is 5. The van der Waals surface area contributed by atoms with Crippen LogP contribution in [0.25, 0.3) is 16.9 Å². The molecule has 2 aromatic heterocycles. The van der Waals surface area contributed by atoms with Crippen LogP contribution in [0.4, 0.5) is 5.95 Å². The van der Waals surface area contributed by atoms with E-state index in [0.717, 1.165) is 22.5 Å². The molecule has 1 N–H and O–H groups in total. The van der Waals surface area contributed by atoms with E-state index in [-0.39, 0.29) is 0 Å². The predicted octanol–water partition coefficient (Wildman–Crippen LogP) is 2.67. The van der Waals surface area contributed by atoms with E-state index in [0.29, 0.717) is 12.5 Å². The van der Waals surface area contributed by atoms with Crippen LogP contribution in [-0.4, -0.2) is 30.0 Å². The van der Waals surface area contributed by atoms with Crippen molar-refractivity contribution in [3.05, 3.63) is 72.4 Å². The molecule has 7 nitrogen and oxygen atoms in total. The minimum atomic E-state index is 0.575. The lowest BCUT2D eigenvalue weighted by atomic mass is 10.1. The van der Waals surface area contributed by atoms with Gasteiger partial charge in [-0.25, -0.2) is 0 Å². The van der Waals surface area contributed by atoms with E-state index in [1.54, 1.807) is 4.68 Å². The maximum absolute atomic E-state index is 4.58. The SMILES string of the molecule is Cn1cc(CNc2nnnn2-c2ccccc2)c(-c2ccccc2)n1. The van der Waals surface area contributed by atoms with Gasteiger partial charge in [0.25, 0.3) is 0 Å². The standard InChI is InChI=1S/C18H17N7/c1-24-13-15(17(21-24)14-8-4-2-5-9-14)12-19-18-20-22-23-25(18)16-10-6-3-7-11-16/h2-11,13H,12H2,1H3,(H,19,20,23). The number of nitrogens with zero attached hydrogens (tertiary/aromatic N) is 6. The van der Waals surface area contributed by atoms with Crippen LogP contribution in [-0.2, 0) is 13.6 Å². The molecule has 0 spiro atoms. The maximum atomic E-state index is 4.58. The van der Waals surface area contributed by atoms with Gasteiger partial charge in [-0.3, -0.25) is 4.68 Å². The fourth-order valence-electron chi connectivity index (χ4n) is 2.72. The average molecular weight is 331 g/mol. The molecule has 0 bridgehead atoms. The highest BCUT2D eigenvalue weighted by Gasteiger charge is 2.12. The highest BCUT2D eigenvalue weighted by atomic mass is 15.6. The molecule has 0 aliphatic rings. The van der Waals surface area contributed by atoms with Gasteiger partial charge in [0.05, 0.1) is 11.4 Å². The summed E-state index contributed by atoms with van der Waals surface area (Å²) in [5.41, 5.74) is 4.03. The van der Waals surface area contributed by atoms with Gasteiger partial charge in [-0.05, 0) is 22.6 Å². The second-order valence-corrected chi connectivity index (χ2v) is 5.65. The number of hydrogen-bond acceptors (Lipinski definition) is 5. The highest BCUT2D eigenvalue weighted by Crippen LogP contribution is 2.22. The van der Waals surface area contributed by atoms with E-state index in [2.05, 4.69) is 38.1 Å². The smallest absolute Gasteiger partial charge is 0.248 e. The first-order valence-corrected chi connectivity index (χ1v) is 7.97. The van der Waals surface area contributed by atoms with Crippen LogP contribution in [0, 0.1) is 0 Å². The van der Waals surface area contributed by atoms with Crippen molar-refractivity contribution < 1.29 is 0 Å². The van der Waals surface area contributed by atoms with Crippen molar-refractivity contribution in [2.24, 2.45) is 7.05 Å². The van der Waals surface area contributed by atoms with Gasteiger partial charge in [0.15, 0.2) is 0 Å². The molecule has 0 aliphatic carbocycles. The topological polar surface area (TPSA) is 73.5 Å².